The molecule has 7 nitrogen and oxygen atoms in total. The molecule has 0 saturated carbocycles. The van der Waals surface area contributed by atoms with Gasteiger partial charge in [-0.15, -0.1) is 24.0 Å². The molecule has 0 aromatic heterocycles. The van der Waals surface area contributed by atoms with Crippen molar-refractivity contribution in [2.45, 2.75) is 52.0 Å². The van der Waals surface area contributed by atoms with Crippen molar-refractivity contribution in [1.29, 1.82) is 0 Å². The van der Waals surface area contributed by atoms with E-state index in [9.17, 15) is 8.42 Å². The first-order valence-electron chi connectivity index (χ1n) is 9.02. The van der Waals surface area contributed by atoms with Gasteiger partial charge in [-0.2, -0.15) is 4.31 Å². The van der Waals surface area contributed by atoms with Crippen LogP contribution >= 0.6 is 24.0 Å². The molecule has 9 heteroatoms. The standard InChI is InChI=1S/C16H34N4O3S.HI/c1-4-5-6-7-8-15(2)19-16(17-3)18-9-14-24(21,22)20-10-12-23-13-11-20;/h15H,4-14H2,1-3H3,(H2,17,18,19);1H. The molecule has 0 amide bonds. The summed E-state index contributed by atoms with van der Waals surface area (Å²) in [6, 6.07) is 0.323. The van der Waals surface area contributed by atoms with Gasteiger partial charge in [0.05, 0.1) is 19.0 Å². The van der Waals surface area contributed by atoms with Crippen molar-refractivity contribution >= 4 is 40.0 Å². The Morgan fingerprint density at radius 3 is 2.52 bits per heavy atom. The van der Waals surface area contributed by atoms with Crippen LogP contribution in [-0.2, 0) is 14.8 Å². The van der Waals surface area contributed by atoms with Gasteiger partial charge in [-0.3, -0.25) is 4.99 Å². The molecule has 0 radical (unpaired) electrons. The minimum atomic E-state index is -3.23. The normalized spacial score (nSPS) is 17.6. The first-order valence-corrected chi connectivity index (χ1v) is 10.6. The van der Waals surface area contributed by atoms with E-state index in [4.69, 9.17) is 4.74 Å². The van der Waals surface area contributed by atoms with Crippen molar-refractivity contribution < 1.29 is 13.2 Å². The van der Waals surface area contributed by atoms with Crippen LogP contribution in [0.2, 0.25) is 0 Å². The monoisotopic (exact) mass is 490 g/mol. The molecular weight excluding hydrogens is 455 g/mol. The first-order chi connectivity index (χ1) is 11.5. The van der Waals surface area contributed by atoms with Gasteiger partial charge in [-0.1, -0.05) is 32.6 Å². The summed E-state index contributed by atoms with van der Waals surface area (Å²) < 4.78 is 31.2. The van der Waals surface area contributed by atoms with Crippen molar-refractivity contribution in [3.8, 4) is 0 Å². The first kappa shape index (κ1) is 24.9. The highest BCUT2D eigenvalue weighted by Gasteiger charge is 2.23. The molecule has 1 aliphatic rings. The van der Waals surface area contributed by atoms with Crippen molar-refractivity contribution in [1.82, 2.24) is 14.9 Å². The maximum Gasteiger partial charge on any atom is 0.215 e. The molecule has 0 bridgehead atoms. The van der Waals surface area contributed by atoms with Crippen LogP contribution in [0.3, 0.4) is 0 Å². The Morgan fingerprint density at radius 1 is 1.24 bits per heavy atom. The van der Waals surface area contributed by atoms with Gasteiger partial charge in [0.25, 0.3) is 0 Å². The number of ether oxygens (including phenoxy) is 1. The Labute approximate surface area is 170 Å². The van der Waals surface area contributed by atoms with Gasteiger partial charge in [-0.25, -0.2) is 8.42 Å². The molecule has 0 aromatic rings. The second-order valence-corrected chi connectivity index (χ2v) is 8.31. The molecule has 1 unspecified atom stereocenters. The number of halogens is 1. The topological polar surface area (TPSA) is 83.0 Å². The number of hydrogen-bond donors (Lipinski definition) is 2. The van der Waals surface area contributed by atoms with Crippen molar-refractivity contribution in [2.75, 3.05) is 45.6 Å². The third-order valence-corrected chi connectivity index (χ3v) is 5.99. The average molecular weight is 490 g/mol. The van der Waals surface area contributed by atoms with Gasteiger partial charge >= 0.3 is 0 Å². The second kappa shape index (κ2) is 14.0. The number of rotatable bonds is 10. The third kappa shape index (κ3) is 10.6. The number of sulfonamides is 1. The smallest absolute Gasteiger partial charge is 0.215 e. The van der Waals surface area contributed by atoms with Crippen LogP contribution in [-0.4, -0.2) is 70.4 Å². The van der Waals surface area contributed by atoms with Gasteiger partial charge in [-0.05, 0) is 13.3 Å². The molecular formula is C16H35IN4O3S. The van der Waals surface area contributed by atoms with Gasteiger partial charge in [0.2, 0.25) is 10.0 Å². The summed E-state index contributed by atoms with van der Waals surface area (Å²) in [6.07, 6.45) is 6.06. The molecule has 0 aromatic carbocycles. The molecule has 0 spiro atoms. The van der Waals surface area contributed by atoms with Gasteiger partial charge in [0, 0.05) is 32.7 Å². The average Bonchev–Trinajstić information content (AvgIpc) is 2.58. The Bertz CT molecular complexity index is 468. The van der Waals surface area contributed by atoms with Crippen LogP contribution in [0.25, 0.3) is 0 Å². The molecule has 1 heterocycles. The lowest BCUT2D eigenvalue weighted by Crippen LogP contribution is -2.46. The zero-order valence-electron chi connectivity index (χ0n) is 15.8. The summed E-state index contributed by atoms with van der Waals surface area (Å²) >= 11 is 0. The van der Waals surface area contributed by atoms with Crippen molar-refractivity contribution in [2.24, 2.45) is 4.99 Å². The summed E-state index contributed by atoms with van der Waals surface area (Å²) in [6.45, 7) is 6.54. The largest absolute Gasteiger partial charge is 0.379 e. The molecule has 1 aliphatic heterocycles. The number of aliphatic imine (C=N–C) groups is 1. The van der Waals surface area contributed by atoms with E-state index in [0.717, 1.165) is 6.42 Å². The molecule has 0 aliphatic carbocycles. The number of nitrogens with one attached hydrogen (secondary N) is 2. The third-order valence-electron chi connectivity index (χ3n) is 4.11. The van der Waals surface area contributed by atoms with Gasteiger partial charge < -0.3 is 15.4 Å². The Morgan fingerprint density at radius 2 is 1.92 bits per heavy atom. The quantitative estimate of drug-likeness (QED) is 0.211. The highest BCUT2D eigenvalue weighted by Crippen LogP contribution is 2.06. The predicted molar refractivity (Wildman–Crippen MR) is 114 cm³/mol. The van der Waals surface area contributed by atoms with E-state index >= 15 is 0 Å². The fraction of sp³-hybridized carbons (Fsp3) is 0.938. The minimum Gasteiger partial charge on any atom is -0.379 e. The van der Waals surface area contributed by atoms with Crippen LogP contribution in [0.4, 0.5) is 0 Å². The van der Waals surface area contributed by atoms with Gasteiger partial charge in [0.15, 0.2) is 5.96 Å². The Hall–Kier alpha value is -0.130. The lowest BCUT2D eigenvalue weighted by atomic mass is 10.1. The van der Waals surface area contributed by atoms with Crippen molar-refractivity contribution in [3.05, 3.63) is 0 Å². The number of hydrogen-bond acceptors (Lipinski definition) is 4. The van der Waals surface area contributed by atoms with E-state index in [1.54, 1.807) is 7.05 Å². The predicted octanol–water partition coefficient (Wildman–Crippen LogP) is 1.79. The summed E-state index contributed by atoms with van der Waals surface area (Å²) in [7, 11) is -1.52. The fourth-order valence-corrected chi connectivity index (χ4v) is 3.95. The van der Waals surface area contributed by atoms with Gasteiger partial charge in [0.1, 0.15) is 0 Å². The summed E-state index contributed by atoms with van der Waals surface area (Å²) in [5.41, 5.74) is 0. The molecule has 1 rings (SSSR count). The van der Waals surface area contributed by atoms with Crippen LogP contribution in [0.15, 0.2) is 4.99 Å². The van der Waals surface area contributed by atoms with E-state index in [1.807, 2.05) is 0 Å². The van der Waals surface area contributed by atoms with Crippen molar-refractivity contribution in [3.63, 3.8) is 0 Å². The van der Waals surface area contributed by atoms with Crippen LogP contribution < -0.4 is 10.6 Å². The van der Waals surface area contributed by atoms with Crippen LogP contribution in [0.5, 0.6) is 0 Å². The second-order valence-electron chi connectivity index (χ2n) is 6.22. The number of unbranched alkanes of at least 4 members (excludes halogenated alkanes) is 3. The highest BCUT2D eigenvalue weighted by atomic mass is 127. The summed E-state index contributed by atoms with van der Waals surface area (Å²) in [5, 5.41) is 6.42. The minimum absolute atomic E-state index is 0. The number of guanidine groups is 1. The molecule has 150 valence electrons. The maximum atomic E-state index is 12.3. The van der Waals surface area contributed by atoms with E-state index in [-0.39, 0.29) is 29.7 Å². The summed E-state index contributed by atoms with van der Waals surface area (Å²) in [4.78, 5) is 4.17. The van der Waals surface area contributed by atoms with E-state index < -0.39 is 10.0 Å². The lowest BCUT2D eigenvalue weighted by molar-refractivity contribution is 0.0730. The Kier molecular flexibility index (Phi) is 13.9. The summed E-state index contributed by atoms with van der Waals surface area (Å²) in [5.74, 6) is 0.730. The van der Waals surface area contributed by atoms with E-state index in [1.165, 1.54) is 30.0 Å². The zero-order valence-corrected chi connectivity index (χ0v) is 18.9. The molecule has 25 heavy (non-hydrogen) atoms. The SMILES string of the molecule is CCCCCCC(C)NC(=NC)NCCS(=O)(=O)N1CCOCC1.I. The number of nitrogens with zero attached hydrogens (tertiary/aromatic N) is 2. The zero-order chi connectivity index (χ0) is 17.8. The van der Waals surface area contributed by atoms with E-state index in [0.29, 0.717) is 44.8 Å². The fourth-order valence-electron chi connectivity index (χ4n) is 2.63. The van der Waals surface area contributed by atoms with Crippen LogP contribution in [0.1, 0.15) is 46.0 Å². The maximum absolute atomic E-state index is 12.3. The lowest BCUT2D eigenvalue weighted by Gasteiger charge is -2.26. The highest BCUT2D eigenvalue weighted by molar-refractivity contribution is 14.0. The molecule has 2 N–H and O–H groups in total. The Balaban J connectivity index is 0.00000576. The molecule has 1 atom stereocenters. The molecule has 1 saturated heterocycles. The van der Waals surface area contributed by atoms with Crippen LogP contribution in [0, 0.1) is 0 Å². The molecule has 1 fully saturated rings. The number of morpholine rings is 1. The van der Waals surface area contributed by atoms with E-state index in [2.05, 4.69) is 29.5 Å².